The van der Waals surface area contributed by atoms with Crippen molar-refractivity contribution >= 4 is 13.8 Å². The third-order valence-corrected chi connectivity index (χ3v) is 2.54. The maximum absolute atomic E-state index is 4.56. The summed E-state index contributed by atoms with van der Waals surface area (Å²) in [7, 11) is -0.937. The van der Waals surface area contributed by atoms with Crippen molar-refractivity contribution in [3.8, 4) is 0 Å². The van der Waals surface area contributed by atoms with Gasteiger partial charge in [-0.3, -0.25) is 4.99 Å². The van der Waals surface area contributed by atoms with E-state index < -0.39 is 8.07 Å². The van der Waals surface area contributed by atoms with E-state index >= 15 is 0 Å². The highest BCUT2D eigenvalue weighted by atomic mass is 28.3. The van der Waals surface area contributed by atoms with Crippen molar-refractivity contribution in [2.75, 3.05) is 6.17 Å². The van der Waals surface area contributed by atoms with Crippen LogP contribution in [-0.2, 0) is 0 Å². The van der Waals surface area contributed by atoms with Gasteiger partial charge in [0.1, 0.15) is 0 Å². The molecule has 1 nitrogen and oxygen atoms in total. The first-order chi connectivity index (χ1) is 4.95. The van der Waals surface area contributed by atoms with Crippen molar-refractivity contribution in [2.24, 2.45) is 4.99 Å². The number of nitrogens with zero attached hydrogens (tertiary/aromatic N) is 1. The molecule has 0 aromatic rings. The lowest BCUT2D eigenvalue weighted by molar-refractivity contribution is 0.981. The molecule has 0 rings (SSSR count). The van der Waals surface area contributed by atoms with Gasteiger partial charge in [-0.15, -0.1) is 0 Å². The van der Waals surface area contributed by atoms with Crippen molar-refractivity contribution in [1.29, 1.82) is 0 Å². The van der Waals surface area contributed by atoms with Gasteiger partial charge in [-0.1, -0.05) is 33.0 Å². The van der Waals surface area contributed by atoms with Gasteiger partial charge in [0.25, 0.3) is 0 Å². The van der Waals surface area contributed by atoms with Crippen molar-refractivity contribution in [3.63, 3.8) is 0 Å². The normalized spacial score (nSPS) is 13.7. The van der Waals surface area contributed by atoms with Crippen LogP contribution in [-0.4, -0.2) is 20.0 Å². The molecule has 0 aliphatic rings. The number of hydrogen-bond acceptors (Lipinski definition) is 1. The molecule has 66 valence electrons. The Kier molecular flexibility index (Phi) is 4.65. The number of hydrogen-bond donors (Lipinski definition) is 0. The van der Waals surface area contributed by atoms with E-state index in [9.17, 15) is 0 Å². The zero-order valence-electron chi connectivity index (χ0n) is 8.57. The molecule has 0 heterocycles. The highest BCUT2D eigenvalue weighted by Crippen LogP contribution is 2.01. The Morgan fingerprint density at radius 3 is 2.18 bits per heavy atom. The Labute approximate surface area is 71.9 Å². The summed E-state index contributed by atoms with van der Waals surface area (Å²) in [6.07, 6.45) is 3.49. The molecule has 0 fully saturated rings. The van der Waals surface area contributed by atoms with Crippen molar-refractivity contribution in [1.82, 2.24) is 0 Å². The van der Waals surface area contributed by atoms with E-state index in [1.165, 1.54) is 18.6 Å². The van der Waals surface area contributed by atoms with Gasteiger partial charge < -0.3 is 0 Å². The second-order valence-electron chi connectivity index (χ2n) is 4.36. The predicted octanol–water partition coefficient (Wildman–Crippen LogP) is 3.12. The minimum absolute atomic E-state index is 0.937. The smallest absolute Gasteiger partial charge is 0.0692 e. The lowest BCUT2D eigenvalue weighted by Crippen LogP contribution is -2.25. The quantitative estimate of drug-likeness (QED) is 0.455. The minimum atomic E-state index is -0.937. The summed E-state index contributed by atoms with van der Waals surface area (Å²) in [5.41, 5.74) is 1.33. The van der Waals surface area contributed by atoms with Crippen LogP contribution in [0.25, 0.3) is 0 Å². The molecule has 0 saturated carbocycles. The topological polar surface area (TPSA) is 12.4 Å². The molecule has 0 radical (unpaired) electrons. The van der Waals surface area contributed by atoms with E-state index in [1.807, 2.05) is 0 Å². The molecule has 0 atom stereocenters. The number of aliphatic imine (C=N–C) groups is 1. The molecule has 0 aliphatic carbocycles. The highest BCUT2D eigenvalue weighted by molar-refractivity contribution is 6.76. The SMILES string of the molecule is CCC/C(C)=N/C[Si](C)(C)C. The largest absolute Gasteiger partial charge is 0.298 e. The minimum Gasteiger partial charge on any atom is -0.298 e. The zero-order chi connectivity index (χ0) is 8.91. The van der Waals surface area contributed by atoms with Crippen molar-refractivity contribution in [3.05, 3.63) is 0 Å². The van der Waals surface area contributed by atoms with E-state index in [-0.39, 0.29) is 0 Å². The summed E-state index contributed by atoms with van der Waals surface area (Å²) in [4.78, 5) is 4.56. The summed E-state index contributed by atoms with van der Waals surface area (Å²) in [6, 6.07) is 0. The first-order valence-electron chi connectivity index (χ1n) is 4.45. The third kappa shape index (κ3) is 7.79. The zero-order valence-corrected chi connectivity index (χ0v) is 9.57. The van der Waals surface area contributed by atoms with Gasteiger partial charge in [-0.2, -0.15) is 0 Å². The van der Waals surface area contributed by atoms with E-state index in [1.54, 1.807) is 0 Å². The van der Waals surface area contributed by atoms with Crippen LogP contribution in [0.15, 0.2) is 4.99 Å². The Morgan fingerprint density at radius 2 is 1.82 bits per heavy atom. The molecule has 0 aromatic heterocycles. The Morgan fingerprint density at radius 1 is 1.27 bits per heavy atom. The molecular formula is C9H21NSi. The summed E-state index contributed by atoms with van der Waals surface area (Å²) >= 11 is 0. The third-order valence-electron chi connectivity index (χ3n) is 1.44. The van der Waals surface area contributed by atoms with Gasteiger partial charge in [-0.05, 0) is 13.3 Å². The van der Waals surface area contributed by atoms with Crippen molar-refractivity contribution < 1.29 is 0 Å². The van der Waals surface area contributed by atoms with Crippen LogP contribution in [0.4, 0.5) is 0 Å². The van der Waals surface area contributed by atoms with Crippen LogP contribution < -0.4 is 0 Å². The Hall–Kier alpha value is -0.113. The molecule has 0 amide bonds. The molecule has 0 bridgehead atoms. The maximum Gasteiger partial charge on any atom is 0.0692 e. The van der Waals surface area contributed by atoms with Crippen LogP contribution in [0.2, 0.25) is 19.6 Å². The van der Waals surface area contributed by atoms with Gasteiger partial charge in [0.15, 0.2) is 0 Å². The van der Waals surface area contributed by atoms with Crippen molar-refractivity contribution in [2.45, 2.75) is 46.3 Å². The van der Waals surface area contributed by atoms with Gasteiger partial charge >= 0.3 is 0 Å². The second kappa shape index (κ2) is 4.70. The van der Waals surface area contributed by atoms with Gasteiger partial charge in [-0.25, -0.2) is 0 Å². The van der Waals surface area contributed by atoms with E-state index in [2.05, 4.69) is 38.5 Å². The summed E-state index contributed by atoms with van der Waals surface area (Å²) in [6.45, 7) is 11.4. The predicted molar refractivity (Wildman–Crippen MR) is 56.2 cm³/mol. The van der Waals surface area contributed by atoms with Gasteiger partial charge in [0.2, 0.25) is 0 Å². The molecule has 0 saturated heterocycles. The summed E-state index contributed by atoms with van der Waals surface area (Å²) in [5.74, 6) is 0. The molecule has 2 heteroatoms. The average Bonchev–Trinajstić information content (AvgIpc) is 1.83. The standard InChI is InChI=1S/C9H21NSi/c1-6-7-9(2)10-8-11(3,4)5/h6-8H2,1-5H3/b10-9+. The second-order valence-corrected chi connectivity index (χ2v) is 9.80. The fourth-order valence-electron chi connectivity index (χ4n) is 0.813. The molecule has 11 heavy (non-hydrogen) atoms. The van der Waals surface area contributed by atoms with E-state index in [0.717, 1.165) is 6.17 Å². The fourth-order valence-corrected chi connectivity index (χ4v) is 1.56. The van der Waals surface area contributed by atoms with Crippen LogP contribution in [0.1, 0.15) is 26.7 Å². The van der Waals surface area contributed by atoms with Crippen LogP contribution >= 0.6 is 0 Å². The van der Waals surface area contributed by atoms with E-state index in [0.29, 0.717) is 0 Å². The molecular weight excluding hydrogens is 150 g/mol. The lowest BCUT2D eigenvalue weighted by atomic mass is 10.2. The molecule has 0 unspecified atom stereocenters. The highest BCUT2D eigenvalue weighted by Gasteiger charge is 2.11. The fraction of sp³-hybridized carbons (Fsp3) is 0.889. The summed E-state index contributed by atoms with van der Waals surface area (Å²) < 4.78 is 0. The number of rotatable bonds is 4. The Bertz CT molecular complexity index is 133. The molecule has 0 aromatic carbocycles. The van der Waals surface area contributed by atoms with Crippen LogP contribution in [0.5, 0.6) is 0 Å². The monoisotopic (exact) mass is 171 g/mol. The summed E-state index contributed by atoms with van der Waals surface area (Å²) in [5, 5.41) is 0. The molecule has 0 aliphatic heterocycles. The first-order valence-corrected chi connectivity index (χ1v) is 8.16. The van der Waals surface area contributed by atoms with Gasteiger partial charge in [0, 0.05) is 11.9 Å². The Balaban J connectivity index is 3.73. The van der Waals surface area contributed by atoms with Crippen LogP contribution in [0.3, 0.4) is 0 Å². The molecule has 0 spiro atoms. The van der Waals surface area contributed by atoms with Crippen LogP contribution in [0, 0.1) is 0 Å². The first kappa shape index (κ1) is 10.9. The maximum atomic E-state index is 4.56. The molecule has 0 N–H and O–H groups in total. The van der Waals surface area contributed by atoms with Gasteiger partial charge in [0.05, 0.1) is 8.07 Å². The van der Waals surface area contributed by atoms with E-state index in [4.69, 9.17) is 0 Å². The lowest BCUT2D eigenvalue weighted by Gasteiger charge is -2.12. The average molecular weight is 171 g/mol.